The molecule has 0 aliphatic heterocycles. The highest BCUT2D eigenvalue weighted by molar-refractivity contribution is 5.83. The van der Waals surface area contributed by atoms with Crippen LogP contribution in [0.2, 0.25) is 0 Å². The summed E-state index contributed by atoms with van der Waals surface area (Å²) in [6.45, 7) is -1.98. The first-order valence-corrected chi connectivity index (χ1v) is 4.47. The van der Waals surface area contributed by atoms with E-state index in [2.05, 4.69) is 15.0 Å². The van der Waals surface area contributed by atoms with E-state index in [1.54, 1.807) is 12.3 Å². The Bertz CT molecular complexity index is 551. The van der Waals surface area contributed by atoms with Gasteiger partial charge in [0.05, 0.1) is 9.85 Å². The van der Waals surface area contributed by atoms with Gasteiger partial charge in [-0.15, -0.1) is 0 Å². The van der Waals surface area contributed by atoms with Crippen molar-refractivity contribution in [3.63, 3.8) is 0 Å². The number of carbonyl (C=O) groups excluding carboxylic acids is 1. The van der Waals surface area contributed by atoms with Crippen LogP contribution in [0.1, 0.15) is 8.30 Å². The number of fused-ring (bicyclic) bond motifs is 1. The summed E-state index contributed by atoms with van der Waals surface area (Å²) in [7, 11) is 1.20. The van der Waals surface area contributed by atoms with E-state index < -0.39 is 12.6 Å². The average Bonchev–Trinajstić information content (AvgIpc) is 2.72. The van der Waals surface area contributed by atoms with E-state index in [0.29, 0.717) is 5.56 Å². The topological polar surface area (TPSA) is 54.1 Å². The summed E-state index contributed by atoms with van der Waals surface area (Å²) in [5.74, 6) is 0. The molecule has 0 saturated heterocycles. The molecule has 1 aromatic heterocycles. The Morgan fingerprint density at radius 3 is 3.20 bits per heavy atom. The zero-order valence-corrected chi connectivity index (χ0v) is 8.20. The van der Waals surface area contributed by atoms with Gasteiger partial charge >= 0.3 is 6.09 Å². The van der Waals surface area contributed by atoms with Gasteiger partial charge < -0.3 is 15.0 Å². The second-order valence-electron chi connectivity index (χ2n) is 2.99. The van der Waals surface area contributed by atoms with Crippen LogP contribution >= 0.6 is 0 Å². The van der Waals surface area contributed by atoms with Crippen molar-refractivity contribution in [2.75, 3.05) is 7.11 Å². The molecule has 2 N–H and O–H groups in total. The third-order valence-corrected chi connectivity index (χ3v) is 2.07. The summed E-state index contributed by atoms with van der Waals surface area (Å²) in [5.41, 5.74) is 1.19. The molecule has 0 atom stereocenters. The highest BCUT2D eigenvalue weighted by Gasteiger charge is 2.04. The lowest BCUT2D eigenvalue weighted by Gasteiger charge is -2.01. The van der Waals surface area contributed by atoms with Crippen LogP contribution in [0.3, 0.4) is 0 Å². The smallest absolute Gasteiger partial charge is 0.407 e. The normalized spacial score (nSPS) is 13.1. The van der Waals surface area contributed by atoms with Crippen molar-refractivity contribution in [3.05, 3.63) is 36.0 Å². The molecule has 0 saturated carbocycles. The molecule has 1 heterocycles. The molecule has 0 unspecified atom stereocenters. The van der Waals surface area contributed by atoms with E-state index >= 15 is 0 Å². The molecular formula is C11H12N2O2. The number of nitrogens with one attached hydrogen (secondary N) is 2. The number of ether oxygens (including phenoxy) is 1. The van der Waals surface area contributed by atoms with E-state index in [0.717, 1.165) is 10.9 Å². The largest absolute Gasteiger partial charge is 0.453 e. The molecule has 1 amide bonds. The minimum Gasteiger partial charge on any atom is -0.453 e. The van der Waals surface area contributed by atoms with Gasteiger partial charge in [0.15, 0.2) is 0 Å². The van der Waals surface area contributed by atoms with Crippen LogP contribution in [0.25, 0.3) is 10.9 Å². The number of methoxy groups -OCH3 is 1. The Hall–Kier alpha value is -1.97. The second-order valence-corrected chi connectivity index (χ2v) is 2.99. The number of hydrogen-bond donors (Lipinski definition) is 2. The molecular weight excluding hydrogens is 192 g/mol. The fourth-order valence-corrected chi connectivity index (χ4v) is 1.34. The van der Waals surface area contributed by atoms with Crippen molar-refractivity contribution in [1.29, 1.82) is 0 Å². The van der Waals surface area contributed by atoms with Crippen molar-refractivity contribution in [3.8, 4) is 0 Å². The van der Waals surface area contributed by atoms with Gasteiger partial charge in [-0.3, -0.25) is 0 Å². The molecule has 0 bridgehead atoms. The molecule has 2 rings (SSSR count). The fourth-order valence-electron chi connectivity index (χ4n) is 1.34. The molecule has 4 heteroatoms. The zero-order valence-electron chi connectivity index (χ0n) is 10.2. The third kappa shape index (κ3) is 1.93. The number of hydrogen-bond acceptors (Lipinski definition) is 2. The van der Waals surface area contributed by atoms with Gasteiger partial charge in [-0.1, -0.05) is 18.2 Å². The quantitative estimate of drug-likeness (QED) is 0.789. The number of aromatic amines is 1. The fraction of sp³-hybridized carbons (Fsp3) is 0.182. The second kappa shape index (κ2) is 4.04. The van der Waals surface area contributed by atoms with Crippen LogP contribution in [0.15, 0.2) is 30.5 Å². The number of rotatable bonds is 2. The van der Waals surface area contributed by atoms with Gasteiger partial charge in [0, 0.05) is 23.6 Å². The number of H-pyrrole nitrogens is 1. The van der Waals surface area contributed by atoms with Gasteiger partial charge in [-0.25, -0.2) is 4.79 Å². The van der Waals surface area contributed by atoms with Gasteiger partial charge in [-0.05, 0) is 11.6 Å². The number of benzene rings is 1. The number of para-hydroxylation sites is 1. The molecule has 0 aliphatic carbocycles. The number of carbonyl (C=O) groups is 1. The molecule has 4 nitrogen and oxygen atoms in total. The van der Waals surface area contributed by atoms with Crippen molar-refractivity contribution in [1.82, 2.24) is 10.3 Å². The van der Waals surface area contributed by atoms with Crippen LogP contribution in [0, 0.1) is 0 Å². The maximum absolute atomic E-state index is 11.1. The van der Waals surface area contributed by atoms with E-state index in [1.165, 1.54) is 7.11 Å². The minimum absolute atomic E-state index is 0.374. The van der Waals surface area contributed by atoms with Crippen LogP contribution < -0.4 is 5.32 Å². The Balaban J connectivity index is 2.41. The zero-order chi connectivity index (χ0) is 12.5. The van der Waals surface area contributed by atoms with Crippen LogP contribution in [-0.2, 0) is 11.2 Å². The number of alkyl carbamates (subject to hydrolysis) is 1. The van der Waals surface area contributed by atoms with Crippen molar-refractivity contribution in [2.45, 2.75) is 6.50 Å². The third-order valence-electron chi connectivity index (χ3n) is 2.07. The van der Waals surface area contributed by atoms with Crippen molar-refractivity contribution in [2.24, 2.45) is 0 Å². The molecule has 15 heavy (non-hydrogen) atoms. The predicted molar refractivity (Wildman–Crippen MR) is 57.5 cm³/mol. The van der Waals surface area contributed by atoms with Gasteiger partial charge in [0.2, 0.25) is 0 Å². The van der Waals surface area contributed by atoms with Crippen molar-refractivity contribution < 1.29 is 12.3 Å². The summed E-state index contributed by atoms with van der Waals surface area (Å²) in [6.07, 6.45) is 0.737. The van der Waals surface area contributed by atoms with Crippen LogP contribution in [-0.4, -0.2) is 18.2 Å². The van der Waals surface area contributed by atoms with Gasteiger partial charge in [0.25, 0.3) is 0 Å². The number of aromatic nitrogens is 1. The Morgan fingerprint density at radius 2 is 2.40 bits per heavy atom. The molecule has 78 valence electrons. The first-order chi connectivity index (χ1) is 8.04. The highest BCUT2D eigenvalue weighted by Crippen LogP contribution is 2.17. The molecule has 2 aromatic rings. The number of amides is 1. The first-order valence-electron chi connectivity index (χ1n) is 5.47. The van der Waals surface area contributed by atoms with Crippen molar-refractivity contribution >= 4 is 17.0 Å². The average molecular weight is 206 g/mol. The summed E-state index contributed by atoms with van der Waals surface area (Å²) < 4.78 is 20.1. The standard InChI is InChI=1S/C11H12N2O2/c1-15-11(14)13-7-8-6-12-10-5-3-2-4-9(8)10/h2-6,12H,7H2,1H3,(H,13,14)/i7D2. The van der Waals surface area contributed by atoms with Gasteiger partial charge in [-0.2, -0.15) is 0 Å². The van der Waals surface area contributed by atoms with E-state index in [9.17, 15) is 4.79 Å². The monoisotopic (exact) mass is 206 g/mol. The Labute approximate surface area is 90.1 Å². The molecule has 0 radical (unpaired) electrons. The SMILES string of the molecule is [2H]C([2H])(NC(=O)OC)c1c[nH]c2ccccc12. The summed E-state index contributed by atoms with van der Waals surface area (Å²) in [4.78, 5) is 14.0. The minimum atomic E-state index is -1.98. The highest BCUT2D eigenvalue weighted by atomic mass is 16.5. The maximum Gasteiger partial charge on any atom is 0.407 e. The summed E-state index contributed by atoms with van der Waals surface area (Å²) in [5, 5.41) is 2.88. The lowest BCUT2D eigenvalue weighted by Crippen LogP contribution is -2.22. The molecule has 0 spiro atoms. The lowest BCUT2D eigenvalue weighted by atomic mass is 10.2. The van der Waals surface area contributed by atoms with E-state index in [1.807, 2.05) is 18.2 Å². The molecule has 0 fully saturated rings. The first kappa shape index (κ1) is 7.34. The molecule has 1 aromatic carbocycles. The van der Waals surface area contributed by atoms with Crippen LogP contribution in [0.5, 0.6) is 0 Å². The Morgan fingerprint density at radius 1 is 1.60 bits per heavy atom. The predicted octanol–water partition coefficient (Wildman–Crippen LogP) is 2.02. The lowest BCUT2D eigenvalue weighted by molar-refractivity contribution is 0.170. The summed E-state index contributed by atoms with van der Waals surface area (Å²) >= 11 is 0. The molecule has 0 aliphatic rings. The Kier molecular flexibility index (Phi) is 1.98. The van der Waals surface area contributed by atoms with E-state index in [-0.39, 0.29) is 0 Å². The van der Waals surface area contributed by atoms with Gasteiger partial charge in [0.1, 0.15) is 0 Å². The van der Waals surface area contributed by atoms with E-state index in [4.69, 9.17) is 2.74 Å². The maximum atomic E-state index is 11.1. The summed E-state index contributed by atoms with van der Waals surface area (Å²) in [6, 6.07) is 7.30. The van der Waals surface area contributed by atoms with Crippen LogP contribution in [0.4, 0.5) is 4.79 Å².